The van der Waals surface area contributed by atoms with E-state index in [-0.39, 0.29) is 18.4 Å². The van der Waals surface area contributed by atoms with Gasteiger partial charge < -0.3 is 5.32 Å². The van der Waals surface area contributed by atoms with Gasteiger partial charge in [0.15, 0.2) is 0 Å². The second-order valence-electron chi connectivity index (χ2n) is 7.10. The Kier molecular flexibility index (Phi) is 6.73. The van der Waals surface area contributed by atoms with E-state index < -0.39 is 0 Å². The third-order valence-corrected chi connectivity index (χ3v) is 6.40. The van der Waals surface area contributed by atoms with Gasteiger partial charge >= 0.3 is 0 Å². The minimum absolute atomic E-state index is 0.00350. The fourth-order valence-corrected chi connectivity index (χ4v) is 4.06. The lowest BCUT2D eigenvalue weighted by molar-refractivity contribution is -0.117. The monoisotopic (exact) mass is 491 g/mol. The maximum absolute atomic E-state index is 12.6. The second kappa shape index (κ2) is 9.49. The average molecular weight is 493 g/mol. The number of amides is 1. The lowest BCUT2D eigenvalue weighted by atomic mass is 9.91. The molecule has 0 saturated heterocycles. The van der Waals surface area contributed by atoms with Crippen LogP contribution in [-0.2, 0) is 4.79 Å². The number of hydrazone groups is 1. The number of nitrogens with zero attached hydrogens (tertiary/aromatic N) is 2. The number of hydrogen-bond donors (Lipinski definition) is 1. The van der Waals surface area contributed by atoms with Crippen molar-refractivity contribution in [3.05, 3.63) is 97.9 Å². The Balaban J connectivity index is 1.56. The number of hydrogen-bond acceptors (Lipinski definition) is 3. The van der Waals surface area contributed by atoms with E-state index in [2.05, 4.69) is 17.4 Å². The molecule has 1 atom stereocenters. The third-order valence-electron chi connectivity index (χ3n) is 4.92. The van der Waals surface area contributed by atoms with E-state index in [9.17, 15) is 4.79 Å². The summed E-state index contributed by atoms with van der Waals surface area (Å²) in [6, 6.07) is 20.5. The molecular formula is C23H17Cl4N3O. The maximum Gasteiger partial charge on any atom is 0.245 e. The van der Waals surface area contributed by atoms with E-state index in [4.69, 9.17) is 51.5 Å². The molecule has 0 bridgehead atoms. The molecule has 3 aromatic carbocycles. The lowest BCUT2D eigenvalue weighted by Gasteiger charge is -2.16. The topological polar surface area (TPSA) is 44.7 Å². The molecule has 1 aliphatic heterocycles. The Labute approximate surface area is 200 Å². The zero-order chi connectivity index (χ0) is 22.0. The molecule has 0 radical (unpaired) electrons. The highest BCUT2D eigenvalue weighted by atomic mass is 35.5. The Hall–Kier alpha value is -2.24. The standard InChI is InChI=1S/C23H17Cl4N3O/c24-18-8-6-15(10-20(18)26)23-17(14-4-2-1-3-5-14)12-30(29-23)13-22(31)28-16-7-9-19(25)21(27)11-16/h1-11,17H,12-13H2,(H,28,31). The SMILES string of the molecule is O=C(CN1CC(c2ccccc2)C(c2ccc(Cl)c(Cl)c2)=N1)Nc1ccc(Cl)c(Cl)c1. The van der Waals surface area contributed by atoms with E-state index in [1.54, 1.807) is 35.3 Å². The van der Waals surface area contributed by atoms with Gasteiger partial charge in [0, 0.05) is 23.7 Å². The van der Waals surface area contributed by atoms with Gasteiger partial charge in [-0.2, -0.15) is 5.10 Å². The van der Waals surface area contributed by atoms with Crippen molar-refractivity contribution in [3.63, 3.8) is 0 Å². The van der Waals surface area contributed by atoms with Gasteiger partial charge in [0.25, 0.3) is 0 Å². The first-order chi connectivity index (χ1) is 14.9. The molecule has 4 nitrogen and oxygen atoms in total. The number of anilines is 1. The third kappa shape index (κ3) is 5.16. The van der Waals surface area contributed by atoms with Crippen molar-refractivity contribution in [2.75, 3.05) is 18.4 Å². The number of rotatable bonds is 5. The van der Waals surface area contributed by atoms with E-state index >= 15 is 0 Å². The van der Waals surface area contributed by atoms with Crippen LogP contribution in [0.4, 0.5) is 5.69 Å². The Morgan fingerprint density at radius 3 is 2.26 bits per heavy atom. The predicted molar refractivity (Wildman–Crippen MR) is 129 cm³/mol. The van der Waals surface area contributed by atoms with Crippen molar-refractivity contribution in [2.45, 2.75) is 5.92 Å². The number of nitrogens with one attached hydrogen (secondary N) is 1. The van der Waals surface area contributed by atoms with Gasteiger partial charge in [-0.1, -0.05) is 82.8 Å². The molecule has 1 aliphatic rings. The molecule has 4 rings (SSSR count). The lowest BCUT2D eigenvalue weighted by Crippen LogP contribution is -2.29. The van der Waals surface area contributed by atoms with Crippen LogP contribution in [0.25, 0.3) is 0 Å². The molecule has 31 heavy (non-hydrogen) atoms. The summed E-state index contributed by atoms with van der Waals surface area (Å²) in [5.41, 5.74) is 3.40. The second-order valence-corrected chi connectivity index (χ2v) is 8.73. The molecule has 1 amide bonds. The molecule has 8 heteroatoms. The fourth-order valence-electron chi connectivity index (χ4n) is 3.46. The molecular weight excluding hydrogens is 476 g/mol. The Morgan fingerprint density at radius 1 is 0.903 bits per heavy atom. The Morgan fingerprint density at radius 2 is 1.58 bits per heavy atom. The summed E-state index contributed by atoms with van der Waals surface area (Å²) in [6.45, 7) is 0.656. The highest BCUT2D eigenvalue weighted by Crippen LogP contribution is 2.31. The van der Waals surface area contributed by atoms with E-state index in [0.29, 0.717) is 32.3 Å². The van der Waals surface area contributed by atoms with Crippen molar-refractivity contribution in [3.8, 4) is 0 Å². The summed E-state index contributed by atoms with van der Waals surface area (Å²) >= 11 is 24.3. The zero-order valence-electron chi connectivity index (χ0n) is 16.2. The number of halogens is 4. The molecule has 158 valence electrons. The van der Waals surface area contributed by atoms with Gasteiger partial charge in [0.1, 0.15) is 6.54 Å². The predicted octanol–water partition coefficient (Wildman–Crippen LogP) is 6.74. The van der Waals surface area contributed by atoms with Crippen LogP contribution < -0.4 is 5.32 Å². The van der Waals surface area contributed by atoms with Crippen molar-refractivity contribution in [1.82, 2.24) is 5.01 Å². The summed E-state index contributed by atoms with van der Waals surface area (Å²) in [5.74, 6) is -0.208. The average Bonchev–Trinajstić information content (AvgIpc) is 3.17. The first-order valence-electron chi connectivity index (χ1n) is 9.49. The smallest absolute Gasteiger partial charge is 0.245 e. The summed E-state index contributed by atoms with van der Waals surface area (Å²) in [5, 5.41) is 11.1. The first kappa shape index (κ1) is 22.0. The number of benzene rings is 3. The zero-order valence-corrected chi connectivity index (χ0v) is 19.2. The van der Waals surface area contributed by atoms with E-state index in [1.165, 1.54) is 0 Å². The molecule has 0 spiro atoms. The molecule has 0 aromatic heterocycles. The van der Waals surface area contributed by atoms with Crippen LogP contribution in [0.1, 0.15) is 17.0 Å². The molecule has 1 unspecified atom stereocenters. The van der Waals surface area contributed by atoms with Crippen LogP contribution >= 0.6 is 46.4 Å². The Bertz CT molecular complexity index is 1150. The van der Waals surface area contributed by atoms with E-state index in [1.807, 2.05) is 24.3 Å². The number of carbonyl (C=O) groups excluding carboxylic acids is 1. The molecule has 0 fully saturated rings. The van der Waals surface area contributed by atoms with Crippen LogP contribution in [0.3, 0.4) is 0 Å². The van der Waals surface area contributed by atoms with Gasteiger partial charge in [-0.25, -0.2) is 0 Å². The van der Waals surface area contributed by atoms with Crippen LogP contribution in [0, 0.1) is 0 Å². The maximum atomic E-state index is 12.6. The van der Waals surface area contributed by atoms with Crippen LogP contribution in [-0.4, -0.2) is 29.7 Å². The fraction of sp³-hybridized carbons (Fsp3) is 0.130. The molecule has 0 aliphatic carbocycles. The van der Waals surface area contributed by atoms with E-state index in [0.717, 1.165) is 16.8 Å². The minimum Gasteiger partial charge on any atom is -0.324 e. The van der Waals surface area contributed by atoms with Gasteiger partial charge in [-0.05, 0) is 35.9 Å². The van der Waals surface area contributed by atoms with Crippen molar-refractivity contribution >= 4 is 63.7 Å². The van der Waals surface area contributed by atoms with Gasteiger partial charge in [0.2, 0.25) is 5.91 Å². The van der Waals surface area contributed by atoms with Gasteiger partial charge in [-0.15, -0.1) is 0 Å². The molecule has 1 N–H and O–H groups in total. The van der Waals surface area contributed by atoms with Gasteiger partial charge in [-0.3, -0.25) is 9.80 Å². The minimum atomic E-state index is -0.204. The van der Waals surface area contributed by atoms with Crippen molar-refractivity contribution < 1.29 is 4.79 Å². The highest BCUT2D eigenvalue weighted by Gasteiger charge is 2.30. The molecule has 0 saturated carbocycles. The summed E-state index contributed by atoms with van der Waals surface area (Å²) < 4.78 is 0. The van der Waals surface area contributed by atoms with Gasteiger partial charge in [0.05, 0.1) is 25.8 Å². The summed E-state index contributed by atoms with van der Waals surface area (Å²) in [7, 11) is 0. The van der Waals surface area contributed by atoms with Crippen LogP contribution in [0.5, 0.6) is 0 Å². The summed E-state index contributed by atoms with van der Waals surface area (Å²) in [4.78, 5) is 12.6. The van der Waals surface area contributed by atoms with Crippen molar-refractivity contribution in [2.24, 2.45) is 5.10 Å². The molecule has 1 heterocycles. The first-order valence-corrected chi connectivity index (χ1v) is 11.0. The quantitative estimate of drug-likeness (QED) is 0.428. The molecule has 3 aromatic rings. The van der Waals surface area contributed by atoms with Crippen LogP contribution in [0.2, 0.25) is 20.1 Å². The normalized spacial score (nSPS) is 15.7. The van der Waals surface area contributed by atoms with Crippen LogP contribution in [0.15, 0.2) is 71.8 Å². The number of carbonyl (C=O) groups is 1. The highest BCUT2D eigenvalue weighted by molar-refractivity contribution is 6.42. The largest absolute Gasteiger partial charge is 0.324 e. The summed E-state index contributed by atoms with van der Waals surface area (Å²) in [6.07, 6.45) is 0. The van der Waals surface area contributed by atoms with Crippen molar-refractivity contribution in [1.29, 1.82) is 0 Å².